The van der Waals surface area contributed by atoms with Crippen molar-refractivity contribution in [1.29, 1.82) is 0 Å². The maximum Gasteiger partial charge on any atom is 0.320 e. The Morgan fingerprint density at radius 1 is 1.29 bits per heavy atom. The molecule has 74 valence electrons. The highest BCUT2D eigenvalue weighted by atomic mass is 33.1. The summed E-state index contributed by atoms with van der Waals surface area (Å²) >= 11 is 0. The van der Waals surface area contributed by atoms with E-state index in [0.29, 0.717) is 10.8 Å². The van der Waals surface area contributed by atoms with Crippen LogP contribution in [0.2, 0.25) is 0 Å². The molecule has 14 heavy (non-hydrogen) atoms. The molecule has 0 aliphatic rings. The first-order chi connectivity index (χ1) is 6.58. The lowest BCUT2D eigenvalue weighted by Gasteiger charge is -1.88. The lowest BCUT2D eigenvalue weighted by Crippen LogP contribution is -1.89. The Morgan fingerprint density at radius 2 is 1.93 bits per heavy atom. The van der Waals surface area contributed by atoms with Crippen molar-refractivity contribution >= 4 is 19.9 Å². The fraction of sp³-hybridized carbons (Fsp3) is 0.111. The van der Waals surface area contributed by atoms with Crippen LogP contribution in [-0.2, 0) is 9.15 Å². The molecule has 1 N–H and O–H groups in total. The second-order valence-electron chi connectivity index (χ2n) is 2.36. The first-order valence-corrected chi connectivity index (χ1v) is 6.68. The predicted octanol–water partition coefficient (Wildman–Crippen LogP) is 1.57. The highest BCUT2D eigenvalue weighted by molar-refractivity contribution is 8.70. The quantitative estimate of drug-likeness (QED) is 0.474. The monoisotopic (exact) mass is 228 g/mol. The van der Waals surface area contributed by atoms with Gasteiger partial charge in [-0.2, -0.15) is 8.42 Å². The molecular formula is C9H8O3S2. The molecule has 3 nitrogen and oxygen atoms in total. The van der Waals surface area contributed by atoms with E-state index in [-0.39, 0.29) is 5.75 Å². The van der Waals surface area contributed by atoms with Gasteiger partial charge >= 0.3 is 9.15 Å². The molecule has 0 atom stereocenters. The van der Waals surface area contributed by atoms with Crippen molar-refractivity contribution in [2.45, 2.75) is 0 Å². The van der Waals surface area contributed by atoms with E-state index in [1.165, 1.54) is 0 Å². The van der Waals surface area contributed by atoms with Crippen LogP contribution in [0.3, 0.4) is 0 Å². The lowest BCUT2D eigenvalue weighted by atomic mass is 10.2. The molecule has 0 fully saturated rings. The van der Waals surface area contributed by atoms with Crippen molar-refractivity contribution in [1.82, 2.24) is 0 Å². The lowest BCUT2D eigenvalue weighted by molar-refractivity contribution is 0.503. The molecule has 0 heterocycles. The first-order valence-electron chi connectivity index (χ1n) is 3.74. The molecule has 0 spiro atoms. The Kier molecular flexibility index (Phi) is 4.01. The molecule has 0 bridgehead atoms. The van der Waals surface area contributed by atoms with Gasteiger partial charge in [-0.25, -0.2) is 0 Å². The molecule has 1 aromatic rings. The fourth-order valence-electron chi connectivity index (χ4n) is 0.764. The maximum absolute atomic E-state index is 10.3. The van der Waals surface area contributed by atoms with E-state index in [1.54, 1.807) is 0 Å². The third-order valence-electron chi connectivity index (χ3n) is 1.29. The highest BCUT2D eigenvalue weighted by Crippen LogP contribution is 2.07. The number of hydrogen-bond donors (Lipinski definition) is 1. The van der Waals surface area contributed by atoms with Crippen LogP contribution in [0.15, 0.2) is 30.3 Å². The zero-order valence-electron chi connectivity index (χ0n) is 7.17. The van der Waals surface area contributed by atoms with Crippen molar-refractivity contribution in [3.63, 3.8) is 0 Å². The molecule has 1 aromatic carbocycles. The molecule has 0 aliphatic heterocycles. The summed E-state index contributed by atoms with van der Waals surface area (Å²) in [5, 5.41) is 0. The van der Waals surface area contributed by atoms with Gasteiger partial charge in [0.05, 0.1) is 5.75 Å². The smallest absolute Gasteiger partial charge is 0.277 e. The minimum Gasteiger partial charge on any atom is -0.277 e. The third-order valence-corrected chi connectivity index (χ3v) is 3.09. The van der Waals surface area contributed by atoms with Gasteiger partial charge in [0.2, 0.25) is 0 Å². The van der Waals surface area contributed by atoms with Crippen LogP contribution in [0.4, 0.5) is 0 Å². The third kappa shape index (κ3) is 4.92. The van der Waals surface area contributed by atoms with E-state index >= 15 is 0 Å². The van der Waals surface area contributed by atoms with E-state index in [9.17, 15) is 8.42 Å². The van der Waals surface area contributed by atoms with Gasteiger partial charge in [0, 0.05) is 16.4 Å². The number of benzene rings is 1. The molecule has 0 amide bonds. The average Bonchev–Trinajstić information content (AvgIpc) is 2.13. The van der Waals surface area contributed by atoms with Gasteiger partial charge in [-0.05, 0) is 12.1 Å². The summed E-state index contributed by atoms with van der Waals surface area (Å²) in [4.78, 5) is 0. The summed E-state index contributed by atoms with van der Waals surface area (Å²) in [5.74, 6) is 5.47. The van der Waals surface area contributed by atoms with Crippen molar-refractivity contribution in [2.75, 3.05) is 5.75 Å². The molecule has 0 unspecified atom stereocenters. The topological polar surface area (TPSA) is 54.4 Å². The Hall–Kier alpha value is -0.960. The van der Waals surface area contributed by atoms with Crippen LogP contribution < -0.4 is 0 Å². The van der Waals surface area contributed by atoms with Crippen LogP contribution in [0, 0.1) is 11.8 Å². The summed E-state index contributed by atoms with van der Waals surface area (Å²) in [7, 11) is -3.56. The van der Waals surface area contributed by atoms with Gasteiger partial charge in [-0.15, -0.1) is 0 Å². The SMILES string of the molecule is O=S(=O)(O)SCC#Cc1ccccc1. The van der Waals surface area contributed by atoms with E-state index in [4.69, 9.17) is 4.55 Å². The van der Waals surface area contributed by atoms with Gasteiger partial charge in [-0.1, -0.05) is 30.0 Å². The molecule has 1 rings (SSSR count). The maximum atomic E-state index is 10.3. The average molecular weight is 228 g/mol. The molecule has 0 saturated heterocycles. The van der Waals surface area contributed by atoms with Crippen molar-refractivity contribution in [3.05, 3.63) is 35.9 Å². The summed E-state index contributed by atoms with van der Waals surface area (Å²) < 4.78 is 29.0. The Balaban J connectivity index is 2.50. The van der Waals surface area contributed by atoms with Gasteiger partial charge in [0.15, 0.2) is 0 Å². The Bertz CT molecular complexity index is 440. The van der Waals surface area contributed by atoms with Crippen molar-refractivity contribution in [3.8, 4) is 11.8 Å². The number of rotatable bonds is 2. The molecular weight excluding hydrogens is 220 g/mol. The highest BCUT2D eigenvalue weighted by Gasteiger charge is 2.01. The standard InChI is InChI=1S/C9H8O3S2/c10-14(11,12)13-8-4-7-9-5-2-1-3-6-9/h1-3,5-6H,8H2,(H,10,11,12). The number of hydrogen-bond acceptors (Lipinski definition) is 3. The fourth-order valence-corrected chi connectivity index (χ4v) is 1.67. The van der Waals surface area contributed by atoms with Crippen LogP contribution in [-0.4, -0.2) is 18.7 Å². The molecule has 0 saturated carbocycles. The predicted molar refractivity (Wildman–Crippen MR) is 57.3 cm³/mol. The van der Waals surface area contributed by atoms with Crippen LogP contribution in [0.1, 0.15) is 5.56 Å². The summed E-state index contributed by atoms with van der Waals surface area (Å²) in [6.07, 6.45) is 0. The minimum atomic E-state index is -3.96. The van der Waals surface area contributed by atoms with E-state index in [0.717, 1.165) is 5.56 Å². The second kappa shape index (κ2) is 5.05. The normalized spacial score (nSPS) is 10.4. The second-order valence-corrected chi connectivity index (χ2v) is 5.71. The molecule has 5 heteroatoms. The van der Waals surface area contributed by atoms with E-state index in [2.05, 4.69) is 11.8 Å². The van der Waals surface area contributed by atoms with Crippen LogP contribution in [0.5, 0.6) is 0 Å². The largest absolute Gasteiger partial charge is 0.320 e. The minimum absolute atomic E-state index is 0.0632. The van der Waals surface area contributed by atoms with Crippen molar-refractivity contribution in [2.24, 2.45) is 0 Å². The Morgan fingerprint density at radius 3 is 2.50 bits per heavy atom. The van der Waals surface area contributed by atoms with Gasteiger partial charge in [0.25, 0.3) is 0 Å². The van der Waals surface area contributed by atoms with E-state index in [1.807, 2.05) is 30.3 Å². The first kappa shape index (κ1) is 11.1. The Labute approximate surface area is 86.7 Å². The molecule has 0 radical (unpaired) electrons. The summed E-state index contributed by atoms with van der Waals surface area (Å²) in [6.45, 7) is 0. The summed E-state index contributed by atoms with van der Waals surface area (Å²) in [5.41, 5.74) is 0.823. The van der Waals surface area contributed by atoms with Crippen LogP contribution >= 0.6 is 10.8 Å². The van der Waals surface area contributed by atoms with Crippen molar-refractivity contribution < 1.29 is 13.0 Å². The molecule has 0 aliphatic carbocycles. The van der Waals surface area contributed by atoms with Gasteiger partial charge in [0.1, 0.15) is 0 Å². The summed E-state index contributed by atoms with van der Waals surface area (Å²) in [6, 6.07) is 9.22. The molecule has 0 aromatic heterocycles. The van der Waals surface area contributed by atoms with Crippen LogP contribution in [0.25, 0.3) is 0 Å². The van der Waals surface area contributed by atoms with Gasteiger partial charge in [-0.3, -0.25) is 4.55 Å². The van der Waals surface area contributed by atoms with Gasteiger partial charge < -0.3 is 0 Å². The zero-order chi connectivity index (χ0) is 10.4. The zero-order valence-corrected chi connectivity index (χ0v) is 8.81. The van der Waals surface area contributed by atoms with E-state index < -0.39 is 9.15 Å².